The lowest BCUT2D eigenvalue weighted by Crippen LogP contribution is -2.56. The molecule has 4 nitrogen and oxygen atoms in total. The van der Waals surface area contributed by atoms with Crippen LogP contribution in [0, 0.1) is 23.7 Å². The highest BCUT2D eigenvalue weighted by molar-refractivity contribution is 7.70. The van der Waals surface area contributed by atoms with Crippen LogP contribution in [0.15, 0.2) is 218 Å². The summed E-state index contributed by atoms with van der Waals surface area (Å²) in [6.45, 7) is 3.69. The van der Waals surface area contributed by atoms with Crippen molar-refractivity contribution in [2.45, 2.75) is 37.5 Å². The molecule has 4 bridgehead atoms. The number of rotatable bonds is 9. The normalized spacial score (nSPS) is 20.1. The maximum atomic E-state index is 13.0. The van der Waals surface area contributed by atoms with Gasteiger partial charge in [0.25, 0.3) is 0 Å². The zero-order chi connectivity index (χ0) is 49.5. The molecular formula is C69H56N3OP. The van der Waals surface area contributed by atoms with Crippen LogP contribution in [0.1, 0.15) is 43.2 Å². The summed E-state index contributed by atoms with van der Waals surface area (Å²) >= 11 is 0. The van der Waals surface area contributed by atoms with Crippen molar-refractivity contribution in [1.82, 2.24) is 15.0 Å². The molecule has 4 saturated carbocycles. The molecule has 0 radical (unpaired) electrons. The summed E-state index contributed by atoms with van der Waals surface area (Å²) in [5, 5.41) is 8.18. The molecule has 4 aliphatic rings. The largest absolute Gasteiger partial charge is 0.319 e. The lowest BCUT2D eigenvalue weighted by atomic mass is 9.42. The Labute approximate surface area is 433 Å². The number of fused-ring (bicyclic) bond motifs is 3. The van der Waals surface area contributed by atoms with Crippen molar-refractivity contribution in [3.05, 3.63) is 230 Å². The van der Waals surface area contributed by atoms with Gasteiger partial charge in [0.2, 0.25) is 0 Å². The minimum Gasteiger partial charge on any atom is -0.319 e. The highest BCUT2D eigenvalue weighted by atomic mass is 31.2. The van der Waals surface area contributed by atoms with E-state index in [1.165, 1.54) is 92.4 Å². The summed E-state index contributed by atoms with van der Waals surface area (Å²) in [6, 6.07) is 79.5. The van der Waals surface area contributed by atoms with Gasteiger partial charge in [0.15, 0.2) is 17.5 Å². The van der Waals surface area contributed by atoms with Crippen molar-refractivity contribution in [3.63, 3.8) is 0 Å². The summed E-state index contributed by atoms with van der Waals surface area (Å²) in [7, 11) is -2.38. The van der Waals surface area contributed by atoms with E-state index in [0.29, 0.717) is 29.3 Å². The van der Waals surface area contributed by atoms with E-state index in [-0.39, 0.29) is 5.41 Å². The van der Waals surface area contributed by atoms with Crippen molar-refractivity contribution >= 4 is 44.8 Å². The van der Waals surface area contributed by atoms with Gasteiger partial charge in [0.05, 0.1) is 0 Å². The fourth-order valence-corrected chi connectivity index (χ4v) is 15.0. The predicted octanol–water partition coefficient (Wildman–Crippen LogP) is 17.3. The first kappa shape index (κ1) is 44.9. The number of hydrogen-bond acceptors (Lipinski definition) is 4. The lowest BCUT2D eigenvalue weighted by molar-refractivity contribution is -0.0418. The van der Waals surface area contributed by atoms with Crippen molar-refractivity contribution in [3.8, 4) is 67.5 Å². The van der Waals surface area contributed by atoms with Crippen LogP contribution >= 0.6 is 7.14 Å². The third-order valence-corrected chi connectivity index (χ3v) is 18.8. The van der Waals surface area contributed by atoms with Crippen LogP contribution in [0.5, 0.6) is 0 Å². The van der Waals surface area contributed by atoms with Gasteiger partial charge in [-0.2, -0.15) is 0 Å². The van der Waals surface area contributed by atoms with Gasteiger partial charge < -0.3 is 4.57 Å². The fourth-order valence-electron chi connectivity index (χ4n) is 14.1. The van der Waals surface area contributed by atoms with Gasteiger partial charge in [-0.15, -0.1) is 0 Å². The van der Waals surface area contributed by atoms with Gasteiger partial charge in [-0.05, 0) is 152 Å². The van der Waals surface area contributed by atoms with Crippen molar-refractivity contribution in [2.75, 3.05) is 13.3 Å². The van der Waals surface area contributed by atoms with Gasteiger partial charge in [-0.25, -0.2) is 15.0 Å². The molecule has 74 heavy (non-hydrogen) atoms. The first-order chi connectivity index (χ1) is 36.2. The molecule has 0 atom stereocenters. The summed E-state index contributed by atoms with van der Waals surface area (Å²) in [4.78, 5) is 15.6. The Morgan fingerprint density at radius 1 is 0.365 bits per heavy atom. The van der Waals surface area contributed by atoms with E-state index in [1.54, 1.807) is 0 Å². The fraction of sp³-hybridized carbons (Fsp3) is 0.174. The summed E-state index contributed by atoms with van der Waals surface area (Å²) in [5.74, 6) is 4.82. The van der Waals surface area contributed by atoms with Gasteiger partial charge in [0.1, 0.15) is 7.14 Å². The molecule has 5 heteroatoms. The Morgan fingerprint density at radius 3 is 1.24 bits per heavy atom. The molecule has 15 rings (SSSR count). The maximum absolute atomic E-state index is 13.0. The van der Waals surface area contributed by atoms with E-state index in [1.807, 2.05) is 13.3 Å². The Morgan fingerprint density at radius 2 is 0.743 bits per heavy atom. The van der Waals surface area contributed by atoms with Crippen LogP contribution in [0.25, 0.3) is 99.9 Å². The van der Waals surface area contributed by atoms with E-state index in [2.05, 4.69) is 218 Å². The van der Waals surface area contributed by atoms with E-state index in [0.717, 1.165) is 50.3 Å². The van der Waals surface area contributed by atoms with Crippen molar-refractivity contribution < 1.29 is 4.57 Å². The summed E-state index contributed by atoms with van der Waals surface area (Å²) in [5.41, 5.74) is 12.9. The minimum atomic E-state index is -2.38. The van der Waals surface area contributed by atoms with Crippen LogP contribution in [0.3, 0.4) is 0 Å². The molecule has 0 amide bonds. The quantitative estimate of drug-likeness (QED) is 0.107. The zero-order valence-electron chi connectivity index (χ0n) is 41.8. The highest BCUT2D eigenvalue weighted by Crippen LogP contribution is 2.65. The molecule has 0 unspecified atom stereocenters. The second-order valence-electron chi connectivity index (χ2n) is 21.9. The van der Waals surface area contributed by atoms with Crippen LogP contribution in [0.2, 0.25) is 0 Å². The topological polar surface area (TPSA) is 55.7 Å². The van der Waals surface area contributed by atoms with Crippen molar-refractivity contribution in [2.24, 2.45) is 23.7 Å². The van der Waals surface area contributed by atoms with Gasteiger partial charge in [-0.1, -0.05) is 212 Å². The molecule has 0 saturated heterocycles. The smallest absolute Gasteiger partial charge is 0.164 e. The molecule has 1 aromatic heterocycles. The SMILES string of the molecule is CP(C)(=O)c1ccc(-c2c3ccccc3c(-c3ccc(C4(c5ccc(-c6nc(-c7ccc(-c8ccccc8)cc7)nc(-c7ccc8ccccc8c7)n6)cc5)C5CC6CC(C5)CC4C6)cc3)c3ccccc23)cc1. The Bertz CT molecular complexity index is 3910. The summed E-state index contributed by atoms with van der Waals surface area (Å²) in [6.07, 6.45) is 6.55. The Balaban J connectivity index is 0.868. The number of aromatic nitrogens is 3. The second kappa shape index (κ2) is 17.7. The average molecular weight is 974 g/mol. The minimum absolute atomic E-state index is 0.0907. The van der Waals surface area contributed by atoms with Crippen LogP contribution < -0.4 is 5.30 Å². The monoisotopic (exact) mass is 973 g/mol. The molecule has 0 aliphatic heterocycles. The van der Waals surface area contributed by atoms with Crippen molar-refractivity contribution in [1.29, 1.82) is 0 Å². The van der Waals surface area contributed by atoms with Gasteiger partial charge in [0, 0.05) is 27.4 Å². The molecule has 358 valence electrons. The average Bonchev–Trinajstić information content (AvgIpc) is 3.45. The molecule has 4 aliphatic carbocycles. The predicted molar refractivity (Wildman–Crippen MR) is 308 cm³/mol. The highest BCUT2D eigenvalue weighted by Gasteiger charge is 2.58. The number of benzene rings is 10. The standard InChI is InChI=1S/C69H56N3OP/c1-74(2,73)59-36-30-50(31-37-59)65-62-18-10-8-16-60(62)64(61-17-9-11-19-63(61)65)49-26-32-55(33-27-49)69(57-39-44-38-45(41-57)42-58(69)40-44)56-34-28-52(29-35-56)67-70-66(51-23-20-48(21-24-51)46-12-4-3-5-13-46)71-68(72-67)54-25-22-47-14-6-7-15-53(47)43-54/h3-37,43-45,57-58H,38-42H2,1-2H3. The Kier molecular flexibility index (Phi) is 10.7. The van der Waals surface area contributed by atoms with Crippen LogP contribution in [0.4, 0.5) is 0 Å². The molecule has 0 spiro atoms. The van der Waals surface area contributed by atoms with Gasteiger partial charge >= 0.3 is 0 Å². The lowest BCUT2D eigenvalue weighted by Gasteiger charge is -2.62. The molecule has 10 aromatic carbocycles. The van der Waals surface area contributed by atoms with E-state index in [9.17, 15) is 4.57 Å². The maximum Gasteiger partial charge on any atom is 0.164 e. The van der Waals surface area contributed by atoms with E-state index >= 15 is 0 Å². The molecule has 0 N–H and O–H groups in total. The van der Waals surface area contributed by atoms with Crippen LogP contribution in [-0.4, -0.2) is 28.3 Å². The third-order valence-electron chi connectivity index (χ3n) is 17.3. The summed E-state index contributed by atoms with van der Waals surface area (Å²) < 4.78 is 13.0. The molecular weight excluding hydrogens is 918 g/mol. The first-order valence-electron chi connectivity index (χ1n) is 26.5. The zero-order valence-corrected chi connectivity index (χ0v) is 42.7. The Hall–Kier alpha value is -7.78. The van der Waals surface area contributed by atoms with Crippen LogP contribution in [-0.2, 0) is 9.98 Å². The molecule has 1 heterocycles. The third kappa shape index (κ3) is 7.56. The van der Waals surface area contributed by atoms with Gasteiger partial charge in [-0.3, -0.25) is 0 Å². The number of nitrogens with zero attached hydrogens (tertiary/aromatic N) is 3. The van der Waals surface area contributed by atoms with E-state index in [4.69, 9.17) is 15.0 Å². The number of hydrogen-bond donors (Lipinski definition) is 0. The molecule has 4 fully saturated rings. The first-order valence-corrected chi connectivity index (χ1v) is 29.1. The molecule has 11 aromatic rings. The second-order valence-corrected chi connectivity index (χ2v) is 25.1. The van der Waals surface area contributed by atoms with E-state index < -0.39 is 7.14 Å².